The topological polar surface area (TPSA) is 46.3 Å². The van der Waals surface area contributed by atoms with Gasteiger partial charge in [0.25, 0.3) is 5.91 Å². The summed E-state index contributed by atoms with van der Waals surface area (Å²) in [6, 6.07) is 7.85. The number of piperidine rings is 1. The largest absolute Gasteiger partial charge is 0.399 e. The fourth-order valence-corrected chi connectivity index (χ4v) is 3.71. The minimum atomic E-state index is 0.170. The van der Waals surface area contributed by atoms with E-state index in [0.717, 1.165) is 24.4 Å². The molecule has 1 aromatic rings. The van der Waals surface area contributed by atoms with Gasteiger partial charge >= 0.3 is 0 Å². The molecule has 1 aliphatic carbocycles. The maximum Gasteiger partial charge on any atom is 0.254 e. The van der Waals surface area contributed by atoms with Crippen molar-refractivity contribution in [2.45, 2.75) is 44.6 Å². The molecule has 2 atom stereocenters. The van der Waals surface area contributed by atoms with Gasteiger partial charge in [-0.2, -0.15) is 0 Å². The summed E-state index contributed by atoms with van der Waals surface area (Å²) in [7, 11) is 0. The molecule has 1 heterocycles. The number of rotatable bonds is 1. The van der Waals surface area contributed by atoms with Crippen LogP contribution in [0, 0.1) is 5.92 Å². The number of nitrogen functional groups attached to an aromatic ring is 1. The summed E-state index contributed by atoms with van der Waals surface area (Å²) in [5, 5.41) is 0. The molecule has 1 amide bonds. The number of nitrogens with two attached hydrogens (primary N) is 1. The van der Waals surface area contributed by atoms with Gasteiger partial charge in [0, 0.05) is 23.8 Å². The van der Waals surface area contributed by atoms with Crippen LogP contribution in [0.15, 0.2) is 24.3 Å². The molecule has 1 aliphatic heterocycles. The zero-order chi connectivity index (χ0) is 13.2. The maximum atomic E-state index is 12.7. The van der Waals surface area contributed by atoms with E-state index < -0.39 is 0 Å². The van der Waals surface area contributed by atoms with Crippen molar-refractivity contribution in [2.75, 3.05) is 12.3 Å². The van der Waals surface area contributed by atoms with E-state index >= 15 is 0 Å². The molecule has 1 saturated heterocycles. The monoisotopic (exact) mass is 258 g/mol. The molecule has 0 radical (unpaired) electrons. The van der Waals surface area contributed by atoms with E-state index in [-0.39, 0.29) is 5.91 Å². The Bertz CT molecular complexity index is 470. The Labute approximate surface area is 114 Å². The number of carbonyl (C=O) groups excluding carboxylic acids is 1. The number of amides is 1. The SMILES string of the molecule is Nc1cccc(C(=O)N2CCC[C@H]3CCCC[C@H]32)c1. The van der Waals surface area contributed by atoms with E-state index in [1.807, 2.05) is 18.2 Å². The molecule has 0 aromatic heterocycles. The predicted octanol–water partition coefficient (Wildman–Crippen LogP) is 3.06. The molecule has 0 unspecified atom stereocenters. The van der Waals surface area contributed by atoms with Crippen LogP contribution in [0.1, 0.15) is 48.9 Å². The van der Waals surface area contributed by atoms with Gasteiger partial charge < -0.3 is 10.6 Å². The lowest BCUT2D eigenvalue weighted by atomic mass is 9.78. The van der Waals surface area contributed by atoms with Crippen molar-refractivity contribution in [3.63, 3.8) is 0 Å². The van der Waals surface area contributed by atoms with Crippen molar-refractivity contribution in [1.29, 1.82) is 0 Å². The average Bonchev–Trinajstić information content (AvgIpc) is 2.46. The van der Waals surface area contributed by atoms with Crippen molar-refractivity contribution < 1.29 is 4.79 Å². The van der Waals surface area contributed by atoms with Crippen molar-refractivity contribution in [2.24, 2.45) is 5.92 Å². The van der Waals surface area contributed by atoms with Crippen molar-refractivity contribution in [3.05, 3.63) is 29.8 Å². The summed E-state index contributed by atoms with van der Waals surface area (Å²) in [6.07, 6.45) is 7.52. The molecule has 1 aromatic carbocycles. The lowest BCUT2D eigenvalue weighted by Crippen LogP contribution is -2.49. The van der Waals surface area contributed by atoms with Gasteiger partial charge in [-0.25, -0.2) is 0 Å². The van der Waals surface area contributed by atoms with E-state index in [0.29, 0.717) is 11.7 Å². The second-order valence-electron chi connectivity index (χ2n) is 5.88. The summed E-state index contributed by atoms with van der Waals surface area (Å²) in [4.78, 5) is 14.8. The third-order valence-corrected chi connectivity index (χ3v) is 4.64. The molecule has 102 valence electrons. The fraction of sp³-hybridized carbons (Fsp3) is 0.562. The van der Waals surface area contributed by atoms with E-state index in [2.05, 4.69) is 4.90 Å². The van der Waals surface area contributed by atoms with Crippen LogP contribution in [0.3, 0.4) is 0 Å². The van der Waals surface area contributed by atoms with Crippen molar-refractivity contribution >= 4 is 11.6 Å². The lowest BCUT2D eigenvalue weighted by molar-refractivity contribution is 0.0391. The molecule has 19 heavy (non-hydrogen) atoms. The van der Waals surface area contributed by atoms with Crippen LogP contribution in [-0.4, -0.2) is 23.4 Å². The lowest BCUT2D eigenvalue weighted by Gasteiger charge is -2.44. The first kappa shape index (κ1) is 12.5. The highest BCUT2D eigenvalue weighted by atomic mass is 16.2. The minimum absolute atomic E-state index is 0.170. The second-order valence-corrected chi connectivity index (χ2v) is 5.88. The summed E-state index contributed by atoms with van der Waals surface area (Å²) in [6.45, 7) is 0.912. The van der Waals surface area contributed by atoms with Crippen LogP contribution >= 0.6 is 0 Å². The van der Waals surface area contributed by atoms with Crippen molar-refractivity contribution in [3.8, 4) is 0 Å². The highest BCUT2D eigenvalue weighted by Crippen LogP contribution is 2.35. The molecule has 0 spiro atoms. The van der Waals surface area contributed by atoms with Crippen LogP contribution in [0.25, 0.3) is 0 Å². The first-order valence-corrected chi connectivity index (χ1v) is 7.42. The normalized spacial score (nSPS) is 26.8. The van der Waals surface area contributed by atoms with Gasteiger partial charge in [0.1, 0.15) is 0 Å². The summed E-state index contributed by atoms with van der Waals surface area (Å²) >= 11 is 0. The number of anilines is 1. The van der Waals surface area contributed by atoms with Gasteiger partial charge in [0.15, 0.2) is 0 Å². The summed E-state index contributed by atoms with van der Waals surface area (Å²) < 4.78 is 0. The molecule has 1 saturated carbocycles. The Morgan fingerprint density at radius 1 is 1.16 bits per heavy atom. The van der Waals surface area contributed by atoms with Gasteiger partial charge in [-0.05, 0) is 49.8 Å². The molecular weight excluding hydrogens is 236 g/mol. The number of hydrogen-bond acceptors (Lipinski definition) is 2. The molecule has 3 rings (SSSR count). The van der Waals surface area contributed by atoms with Gasteiger partial charge in [0.05, 0.1) is 0 Å². The Kier molecular flexibility index (Phi) is 3.45. The van der Waals surface area contributed by atoms with Crippen LogP contribution in [0.4, 0.5) is 5.69 Å². The number of nitrogens with zero attached hydrogens (tertiary/aromatic N) is 1. The number of fused-ring (bicyclic) bond motifs is 1. The quantitative estimate of drug-likeness (QED) is 0.787. The molecule has 2 fully saturated rings. The van der Waals surface area contributed by atoms with Crippen LogP contribution < -0.4 is 5.73 Å². The van der Waals surface area contributed by atoms with E-state index in [1.165, 1.54) is 32.1 Å². The first-order valence-electron chi connectivity index (χ1n) is 7.42. The van der Waals surface area contributed by atoms with Gasteiger partial charge in [-0.1, -0.05) is 18.9 Å². The van der Waals surface area contributed by atoms with Gasteiger partial charge in [-0.3, -0.25) is 4.79 Å². The Morgan fingerprint density at radius 2 is 1.95 bits per heavy atom. The van der Waals surface area contributed by atoms with Crippen LogP contribution in [0.5, 0.6) is 0 Å². The Morgan fingerprint density at radius 3 is 2.79 bits per heavy atom. The zero-order valence-electron chi connectivity index (χ0n) is 11.3. The van der Waals surface area contributed by atoms with Crippen LogP contribution in [0.2, 0.25) is 0 Å². The van der Waals surface area contributed by atoms with E-state index in [9.17, 15) is 4.79 Å². The zero-order valence-corrected chi connectivity index (χ0v) is 11.3. The van der Waals surface area contributed by atoms with Crippen molar-refractivity contribution in [1.82, 2.24) is 4.90 Å². The second kappa shape index (κ2) is 5.24. The maximum absolute atomic E-state index is 12.7. The fourth-order valence-electron chi connectivity index (χ4n) is 3.71. The highest BCUT2D eigenvalue weighted by Gasteiger charge is 2.35. The first-order chi connectivity index (χ1) is 9.25. The standard InChI is InChI=1S/C16H22N2O/c17-14-8-3-6-13(11-14)16(19)18-10-4-7-12-5-1-2-9-15(12)18/h3,6,8,11-12,15H,1-2,4-5,7,9-10,17H2/t12-,15-/m1/s1. The third kappa shape index (κ3) is 2.46. The molecule has 2 N–H and O–H groups in total. The number of benzene rings is 1. The highest BCUT2D eigenvalue weighted by molar-refractivity contribution is 5.95. The van der Waals surface area contributed by atoms with Gasteiger partial charge in [0.2, 0.25) is 0 Å². The molecule has 3 nitrogen and oxygen atoms in total. The predicted molar refractivity (Wildman–Crippen MR) is 76.9 cm³/mol. The number of hydrogen-bond donors (Lipinski definition) is 1. The molecule has 2 aliphatic rings. The summed E-state index contributed by atoms with van der Waals surface area (Å²) in [5.74, 6) is 0.899. The molecule has 0 bridgehead atoms. The Balaban J connectivity index is 1.82. The minimum Gasteiger partial charge on any atom is -0.399 e. The molecular formula is C16H22N2O. The van der Waals surface area contributed by atoms with E-state index in [1.54, 1.807) is 6.07 Å². The van der Waals surface area contributed by atoms with E-state index in [4.69, 9.17) is 5.73 Å². The summed E-state index contributed by atoms with van der Waals surface area (Å²) in [5.41, 5.74) is 7.20. The smallest absolute Gasteiger partial charge is 0.254 e. The van der Waals surface area contributed by atoms with Crippen LogP contribution in [-0.2, 0) is 0 Å². The average molecular weight is 258 g/mol. The number of likely N-dealkylation sites (tertiary alicyclic amines) is 1. The third-order valence-electron chi connectivity index (χ3n) is 4.64. The number of carbonyl (C=O) groups is 1. The Hall–Kier alpha value is -1.51. The van der Waals surface area contributed by atoms with Gasteiger partial charge in [-0.15, -0.1) is 0 Å². The molecule has 3 heteroatoms.